The van der Waals surface area contributed by atoms with Crippen LogP contribution in [-0.4, -0.2) is 24.2 Å². The van der Waals surface area contributed by atoms with Gasteiger partial charge in [0.25, 0.3) is 6.01 Å². The summed E-state index contributed by atoms with van der Waals surface area (Å²) in [6.45, 7) is 0.624. The van der Waals surface area contributed by atoms with Gasteiger partial charge >= 0.3 is 6.18 Å². The molecule has 1 aliphatic heterocycles. The van der Waals surface area contributed by atoms with Crippen LogP contribution in [0.1, 0.15) is 18.5 Å². The van der Waals surface area contributed by atoms with Crippen LogP contribution < -0.4 is 4.90 Å². The molecule has 1 aliphatic rings. The third-order valence-electron chi connectivity index (χ3n) is 2.90. The standard InChI is InChI=1S/C10H12ClF3N2O/c11-5-8-6-17-9(15-8)16-3-1-7(2-4-16)10(12,13)14/h6-7H,1-5H2. The highest BCUT2D eigenvalue weighted by Crippen LogP contribution is 2.35. The second kappa shape index (κ2) is 4.76. The molecule has 0 saturated carbocycles. The molecule has 17 heavy (non-hydrogen) atoms. The summed E-state index contributed by atoms with van der Waals surface area (Å²) in [4.78, 5) is 5.81. The topological polar surface area (TPSA) is 29.3 Å². The Morgan fingerprint density at radius 2 is 2.06 bits per heavy atom. The molecule has 3 nitrogen and oxygen atoms in total. The van der Waals surface area contributed by atoms with E-state index in [1.165, 1.54) is 6.26 Å². The van der Waals surface area contributed by atoms with E-state index in [1.807, 2.05) is 0 Å². The van der Waals surface area contributed by atoms with Crippen LogP contribution in [0.2, 0.25) is 0 Å². The first kappa shape index (κ1) is 12.5. The number of oxazole rings is 1. The van der Waals surface area contributed by atoms with Crippen LogP contribution in [-0.2, 0) is 5.88 Å². The predicted molar refractivity (Wildman–Crippen MR) is 57.1 cm³/mol. The lowest BCUT2D eigenvalue weighted by molar-refractivity contribution is -0.179. The highest BCUT2D eigenvalue weighted by Gasteiger charge is 2.41. The summed E-state index contributed by atoms with van der Waals surface area (Å²) in [7, 11) is 0. The molecular weight excluding hydrogens is 257 g/mol. The molecule has 0 spiro atoms. The van der Waals surface area contributed by atoms with Gasteiger partial charge in [0.1, 0.15) is 6.26 Å². The molecule has 0 atom stereocenters. The van der Waals surface area contributed by atoms with E-state index in [-0.39, 0.29) is 18.7 Å². The smallest absolute Gasteiger partial charge is 0.391 e. The average Bonchev–Trinajstić information content (AvgIpc) is 2.76. The normalized spacial score (nSPS) is 18.7. The summed E-state index contributed by atoms with van der Waals surface area (Å²) >= 11 is 5.57. The van der Waals surface area contributed by atoms with Crippen LogP contribution in [0, 0.1) is 5.92 Å². The Balaban J connectivity index is 1.95. The maximum Gasteiger partial charge on any atom is 0.391 e. The fourth-order valence-corrected chi connectivity index (χ4v) is 2.02. The van der Waals surface area contributed by atoms with E-state index in [1.54, 1.807) is 4.90 Å². The maximum atomic E-state index is 12.5. The first-order chi connectivity index (χ1) is 8.00. The molecule has 1 aromatic heterocycles. The van der Waals surface area contributed by atoms with Gasteiger partial charge in [0.2, 0.25) is 0 Å². The molecule has 0 aromatic carbocycles. The van der Waals surface area contributed by atoms with Gasteiger partial charge in [-0.25, -0.2) is 0 Å². The molecule has 0 N–H and O–H groups in total. The number of aromatic nitrogens is 1. The van der Waals surface area contributed by atoms with E-state index in [0.717, 1.165) is 0 Å². The quantitative estimate of drug-likeness (QED) is 0.772. The van der Waals surface area contributed by atoms with Crippen molar-refractivity contribution in [2.24, 2.45) is 5.92 Å². The zero-order valence-electron chi connectivity index (χ0n) is 9.00. The van der Waals surface area contributed by atoms with Crippen molar-refractivity contribution >= 4 is 17.6 Å². The Hall–Kier alpha value is -0.910. The van der Waals surface area contributed by atoms with Gasteiger partial charge in [-0.1, -0.05) is 0 Å². The molecule has 2 rings (SSSR count). The van der Waals surface area contributed by atoms with Crippen LogP contribution >= 0.6 is 11.6 Å². The average molecular weight is 269 g/mol. The molecule has 0 aliphatic carbocycles. The fraction of sp³-hybridized carbons (Fsp3) is 0.700. The molecule has 0 amide bonds. The minimum Gasteiger partial charge on any atom is -0.432 e. The second-order valence-corrected chi connectivity index (χ2v) is 4.33. The van der Waals surface area contributed by atoms with E-state index in [0.29, 0.717) is 24.8 Å². The van der Waals surface area contributed by atoms with Crippen LogP contribution in [0.25, 0.3) is 0 Å². The molecule has 1 saturated heterocycles. The molecule has 1 fully saturated rings. The lowest BCUT2D eigenvalue weighted by Gasteiger charge is -2.31. The van der Waals surface area contributed by atoms with Crippen LogP contribution in [0.4, 0.5) is 19.2 Å². The number of hydrogen-bond donors (Lipinski definition) is 0. The number of piperidine rings is 1. The van der Waals surface area contributed by atoms with Gasteiger partial charge in [-0.2, -0.15) is 18.2 Å². The monoisotopic (exact) mass is 268 g/mol. The lowest BCUT2D eigenvalue weighted by atomic mass is 9.97. The van der Waals surface area contributed by atoms with E-state index >= 15 is 0 Å². The summed E-state index contributed by atoms with van der Waals surface area (Å²) < 4.78 is 42.5. The third kappa shape index (κ3) is 2.86. The van der Waals surface area contributed by atoms with Crippen molar-refractivity contribution in [1.82, 2.24) is 4.98 Å². The largest absolute Gasteiger partial charge is 0.432 e. The van der Waals surface area contributed by atoms with Gasteiger partial charge in [-0.15, -0.1) is 11.6 Å². The van der Waals surface area contributed by atoms with Gasteiger partial charge in [0.15, 0.2) is 0 Å². The number of nitrogens with zero attached hydrogens (tertiary/aromatic N) is 2. The fourth-order valence-electron chi connectivity index (χ4n) is 1.90. The second-order valence-electron chi connectivity index (χ2n) is 4.06. The van der Waals surface area contributed by atoms with Crippen LogP contribution in [0.15, 0.2) is 10.7 Å². The van der Waals surface area contributed by atoms with Crippen molar-refractivity contribution in [1.29, 1.82) is 0 Å². The van der Waals surface area contributed by atoms with Crippen LogP contribution in [0.3, 0.4) is 0 Å². The molecule has 7 heteroatoms. The van der Waals surface area contributed by atoms with Gasteiger partial charge < -0.3 is 9.32 Å². The Labute approximate surface area is 102 Å². The SMILES string of the molecule is FC(F)(F)C1CCN(c2nc(CCl)co2)CC1. The predicted octanol–water partition coefficient (Wildman–Crippen LogP) is 3.19. The third-order valence-corrected chi connectivity index (χ3v) is 3.18. The maximum absolute atomic E-state index is 12.5. The highest BCUT2D eigenvalue weighted by molar-refractivity contribution is 6.16. The van der Waals surface area contributed by atoms with Crippen molar-refractivity contribution < 1.29 is 17.6 Å². The van der Waals surface area contributed by atoms with Gasteiger partial charge in [0, 0.05) is 13.1 Å². The Bertz CT molecular complexity index is 372. The first-order valence-electron chi connectivity index (χ1n) is 5.32. The summed E-state index contributed by atoms with van der Waals surface area (Å²) in [6.07, 6.45) is -2.49. The van der Waals surface area contributed by atoms with Gasteiger partial charge in [0.05, 0.1) is 17.5 Å². The molecular formula is C10H12ClF3N2O. The number of anilines is 1. The van der Waals surface area contributed by atoms with Crippen molar-refractivity contribution in [2.45, 2.75) is 24.9 Å². The Morgan fingerprint density at radius 1 is 1.41 bits per heavy atom. The van der Waals surface area contributed by atoms with Crippen molar-refractivity contribution in [2.75, 3.05) is 18.0 Å². The van der Waals surface area contributed by atoms with E-state index in [2.05, 4.69) is 4.98 Å². The molecule has 0 unspecified atom stereocenters. The zero-order chi connectivity index (χ0) is 12.5. The summed E-state index contributed by atoms with van der Waals surface area (Å²) in [5, 5.41) is 0. The number of rotatable bonds is 2. The molecule has 0 radical (unpaired) electrons. The highest BCUT2D eigenvalue weighted by atomic mass is 35.5. The summed E-state index contributed by atoms with van der Waals surface area (Å²) in [5.74, 6) is -0.969. The van der Waals surface area contributed by atoms with Crippen LogP contribution in [0.5, 0.6) is 0 Å². The molecule has 96 valence electrons. The van der Waals surface area contributed by atoms with E-state index in [4.69, 9.17) is 16.0 Å². The lowest BCUT2D eigenvalue weighted by Crippen LogP contribution is -2.39. The van der Waals surface area contributed by atoms with Crippen molar-refractivity contribution in [3.63, 3.8) is 0 Å². The Morgan fingerprint density at radius 3 is 2.53 bits per heavy atom. The number of halogens is 4. The van der Waals surface area contributed by atoms with Crippen molar-refractivity contribution in [3.8, 4) is 0 Å². The summed E-state index contributed by atoms with van der Waals surface area (Å²) in [6, 6.07) is 0.362. The van der Waals surface area contributed by atoms with Gasteiger partial charge in [-0.05, 0) is 12.8 Å². The molecule has 2 heterocycles. The first-order valence-corrected chi connectivity index (χ1v) is 5.86. The number of hydrogen-bond acceptors (Lipinski definition) is 3. The minimum absolute atomic E-state index is 0.0854. The van der Waals surface area contributed by atoms with E-state index in [9.17, 15) is 13.2 Å². The molecule has 1 aromatic rings. The van der Waals surface area contributed by atoms with Gasteiger partial charge in [-0.3, -0.25) is 0 Å². The number of alkyl halides is 4. The minimum atomic E-state index is -4.09. The van der Waals surface area contributed by atoms with Crippen molar-refractivity contribution in [3.05, 3.63) is 12.0 Å². The Kier molecular flexibility index (Phi) is 3.51. The molecule has 0 bridgehead atoms. The zero-order valence-corrected chi connectivity index (χ0v) is 9.76. The van der Waals surface area contributed by atoms with E-state index < -0.39 is 12.1 Å². The summed E-state index contributed by atoms with van der Waals surface area (Å²) in [5.41, 5.74) is 0.597.